The Bertz CT molecular complexity index is 659. The molecular formula is C16H20F3IN4O. The van der Waals surface area contributed by atoms with Crippen LogP contribution in [-0.4, -0.2) is 30.4 Å². The predicted octanol–water partition coefficient (Wildman–Crippen LogP) is 3.97. The highest BCUT2D eigenvalue weighted by Gasteiger charge is 2.26. The van der Waals surface area contributed by atoms with Gasteiger partial charge >= 0.3 is 6.18 Å². The molecular weight excluding hydrogens is 448 g/mol. The Morgan fingerprint density at radius 1 is 1.20 bits per heavy atom. The van der Waals surface area contributed by atoms with Gasteiger partial charge in [0.15, 0.2) is 11.7 Å². The third-order valence-electron chi connectivity index (χ3n) is 3.06. The molecule has 0 amide bonds. The lowest BCUT2D eigenvalue weighted by molar-refractivity contribution is -0.132. The summed E-state index contributed by atoms with van der Waals surface area (Å²) in [6.45, 7) is 2.36. The number of hydrogen-bond acceptors (Lipinski definition) is 3. The van der Waals surface area contributed by atoms with Crippen molar-refractivity contribution in [1.29, 1.82) is 0 Å². The van der Waals surface area contributed by atoms with Crippen molar-refractivity contribution in [3.63, 3.8) is 0 Å². The number of aliphatic imine (C=N–C) groups is 1. The molecule has 25 heavy (non-hydrogen) atoms. The number of hydrogen-bond donors (Lipinski definition) is 2. The van der Waals surface area contributed by atoms with Gasteiger partial charge in [-0.1, -0.05) is 35.5 Å². The molecule has 0 unspecified atom stereocenters. The summed E-state index contributed by atoms with van der Waals surface area (Å²) in [5.74, 6) is 0.932. The minimum atomic E-state index is -4.19. The largest absolute Gasteiger partial charge is 0.390 e. The van der Waals surface area contributed by atoms with E-state index in [0.29, 0.717) is 24.0 Å². The quantitative estimate of drug-likeness (QED) is 0.383. The second-order valence-electron chi connectivity index (χ2n) is 5.04. The third kappa shape index (κ3) is 7.76. The Balaban J connectivity index is 0.00000312. The van der Waals surface area contributed by atoms with E-state index < -0.39 is 12.6 Å². The van der Waals surface area contributed by atoms with Crippen LogP contribution in [0.15, 0.2) is 45.9 Å². The lowest BCUT2D eigenvalue weighted by Gasteiger charge is -2.12. The van der Waals surface area contributed by atoms with Gasteiger partial charge in [0, 0.05) is 24.7 Å². The van der Waals surface area contributed by atoms with Crippen LogP contribution in [0.1, 0.15) is 19.0 Å². The number of aromatic nitrogens is 1. The van der Waals surface area contributed by atoms with Crippen molar-refractivity contribution in [3.8, 4) is 11.3 Å². The van der Waals surface area contributed by atoms with Crippen molar-refractivity contribution in [3.05, 3.63) is 42.1 Å². The van der Waals surface area contributed by atoms with E-state index in [2.05, 4.69) is 20.8 Å². The van der Waals surface area contributed by atoms with Crippen molar-refractivity contribution >= 4 is 29.9 Å². The molecule has 5 nitrogen and oxygen atoms in total. The Kier molecular flexibility index (Phi) is 8.73. The molecule has 1 aromatic heterocycles. The number of nitrogens with one attached hydrogen (secondary N) is 2. The van der Waals surface area contributed by atoms with Crippen molar-refractivity contribution in [2.45, 2.75) is 26.1 Å². The fraction of sp³-hybridized carbons (Fsp3) is 0.375. The first kappa shape index (κ1) is 21.3. The molecule has 138 valence electrons. The number of benzene rings is 1. The van der Waals surface area contributed by atoms with Gasteiger partial charge in [0.2, 0.25) is 0 Å². The average Bonchev–Trinajstić information content (AvgIpc) is 3.01. The van der Waals surface area contributed by atoms with E-state index in [0.717, 1.165) is 5.56 Å². The molecule has 0 radical (unpaired) electrons. The predicted molar refractivity (Wildman–Crippen MR) is 101 cm³/mol. The molecule has 1 heterocycles. The van der Waals surface area contributed by atoms with Crippen LogP contribution in [0, 0.1) is 0 Å². The minimum Gasteiger partial charge on any atom is -0.357 e. The van der Waals surface area contributed by atoms with Crippen LogP contribution in [0.5, 0.6) is 0 Å². The summed E-state index contributed by atoms with van der Waals surface area (Å²) in [7, 11) is 0. The van der Waals surface area contributed by atoms with Crippen LogP contribution in [-0.2, 0) is 6.54 Å². The van der Waals surface area contributed by atoms with Gasteiger partial charge in [-0.25, -0.2) is 4.99 Å². The summed E-state index contributed by atoms with van der Waals surface area (Å²) >= 11 is 0. The molecule has 0 bridgehead atoms. The van der Waals surface area contributed by atoms with Gasteiger partial charge in [-0.2, -0.15) is 13.2 Å². The first-order valence-corrected chi connectivity index (χ1v) is 7.58. The number of alkyl halides is 3. The van der Waals surface area contributed by atoms with Crippen LogP contribution < -0.4 is 10.6 Å². The zero-order valence-corrected chi connectivity index (χ0v) is 16.0. The molecule has 0 aliphatic carbocycles. The van der Waals surface area contributed by atoms with Gasteiger partial charge in [-0.05, 0) is 6.92 Å². The summed E-state index contributed by atoms with van der Waals surface area (Å²) in [4.78, 5) is 4.21. The molecule has 9 heteroatoms. The van der Waals surface area contributed by atoms with E-state index in [4.69, 9.17) is 4.52 Å². The highest BCUT2D eigenvalue weighted by molar-refractivity contribution is 14.0. The lowest BCUT2D eigenvalue weighted by atomic mass is 10.2. The minimum absolute atomic E-state index is 0. The summed E-state index contributed by atoms with van der Waals surface area (Å²) in [5, 5.41) is 9.46. The van der Waals surface area contributed by atoms with E-state index in [-0.39, 0.29) is 37.1 Å². The molecule has 0 saturated heterocycles. The average molecular weight is 468 g/mol. The number of rotatable bonds is 6. The fourth-order valence-corrected chi connectivity index (χ4v) is 1.95. The molecule has 0 atom stereocenters. The van der Waals surface area contributed by atoms with E-state index >= 15 is 0 Å². The number of nitrogens with zero attached hydrogens (tertiary/aromatic N) is 2. The molecule has 0 saturated carbocycles. The van der Waals surface area contributed by atoms with Crippen molar-refractivity contribution in [1.82, 2.24) is 15.8 Å². The zero-order valence-electron chi connectivity index (χ0n) is 13.6. The van der Waals surface area contributed by atoms with Crippen LogP contribution in [0.4, 0.5) is 13.2 Å². The van der Waals surface area contributed by atoms with Crippen LogP contribution >= 0.6 is 24.0 Å². The Morgan fingerprint density at radius 3 is 2.56 bits per heavy atom. The first-order chi connectivity index (χ1) is 11.5. The maximum atomic E-state index is 12.2. The molecule has 0 aliphatic heterocycles. The zero-order chi connectivity index (χ0) is 17.4. The van der Waals surface area contributed by atoms with Crippen molar-refractivity contribution in [2.75, 3.05) is 13.1 Å². The highest BCUT2D eigenvalue weighted by Crippen LogP contribution is 2.20. The van der Waals surface area contributed by atoms with Gasteiger partial charge in [0.05, 0.1) is 13.0 Å². The summed E-state index contributed by atoms with van der Waals surface area (Å²) in [5.41, 5.74) is 1.50. The van der Waals surface area contributed by atoms with E-state index in [1.54, 1.807) is 6.07 Å². The van der Waals surface area contributed by atoms with Gasteiger partial charge in [-0.15, -0.1) is 24.0 Å². The Labute approximate surface area is 161 Å². The topological polar surface area (TPSA) is 62.5 Å². The standard InChI is InChI=1S/C16H19F3N4O.HI/c1-2-20-15(21-9-8-16(17,18)19)22-11-13-10-14(24-23-13)12-6-4-3-5-7-12;/h3-7,10H,2,8-9,11H2,1H3,(H2,20,21,22);1H. The summed E-state index contributed by atoms with van der Waals surface area (Å²) < 4.78 is 41.8. The molecule has 2 N–H and O–H groups in total. The van der Waals surface area contributed by atoms with Crippen molar-refractivity contribution < 1.29 is 17.7 Å². The van der Waals surface area contributed by atoms with E-state index in [1.165, 1.54) is 0 Å². The SMILES string of the molecule is CCNC(=NCc1cc(-c2ccccc2)on1)NCCC(F)(F)F.I. The third-order valence-corrected chi connectivity index (χ3v) is 3.06. The Hall–Kier alpha value is -1.78. The maximum absolute atomic E-state index is 12.2. The van der Waals surface area contributed by atoms with Crippen LogP contribution in [0.25, 0.3) is 11.3 Å². The summed E-state index contributed by atoms with van der Waals surface area (Å²) in [6, 6.07) is 11.2. The molecule has 0 aliphatic rings. The smallest absolute Gasteiger partial charge is 0.357 e. The lowest BCUT2D eigenvalue weighted by Crippen LogP contribution is -2.38. The first-order valence-electron chi connectivity index (χ1n) is 7.58. The van der Waals surface area contributed by atoms with Gasteiger partial charge < -0.3 is 15.2 Å². The number of halogens is 4. The maximum Gasteiger partial charge on any atom is 0.390 e. The summed E-state index contributed by atoms with van der Waals surface area (Å²) in [6.07, 6.45) is -5.11. The fourth-order valence-electron chi connectivity index (χ4n) is 1.95. The second kappa shape index (κ2) is 10.3. The molecule has 0 fully saturated rings. The van der Waals surface area contributed by atoms with Crippen molar-refractivity contribution in [2.24, 2.45) is 4.99 Å². The molecule has 2 rings (SSSR count). The Morgan fingerprint density at radius 2 is 1.92 bits per heavy atom. The van der Waals surface area contributed by atoms with Gasteiger partial charge in [0.25, 0.3) is 0 Å². The molecule has 1 aromatic carbocycles. The van der Waals surface area contributed by atoms with E-state index in [1.807, 2.05) is 37.3 Å². The van der Waals surface area contributed by atoms with Gasteiger partial charge in [0.1, 0.15) is 5.69 Å². The molecule has 2 aromatic rings. The normalized spacial score (nSPS) is 11.8. The monoisotopic (exact) mass is 468 g/mol. The molecule has 0 spiro atoms. The second-order valence-corrected chi connectivity index (χ2v) is 5.04. The number of guanidine groups is 1. The van der Waals surface area contributed by atoms with Gasteiger partial charge in [-0.3, -0.25) is 0 Å². The van der Waals surface area contributed by atoms with Crippen LogP contribution in [0.3, 0.4) is 0 Å². The highest BCUT2D eigenvalue weighted by atomic mass is 127. The van der Waals surface area contributed by atoms with E-state index in [9.17, 15) is 13.2 Å². The van der Waals surface area contributed by atoms with Crippen LogP contribution in [0.2, 0.25) is 0 Å².